The Balaban J connectivity index is 2.07. The number of aldehydes is 1. The first-order chi connectivity index (χ1) is 9.15. The molecule has 0 aliphatic carbocycles. The summed E-state index contributed by atoms with van der Waals surface area (Å²) >= 11 is 7.12. The first kappa shape index (κ1) is 14.3. The van der Waals surface area contributed by atoms with Gasteiger partial charge in [0.15, 0.2) is 16.6 Å². The van der Waals surface area contributed by atoms with Crippen LogP contribution in [0.4, 0.5) is 5.13 Å². The van der Waals surface area contributed by atoms with Crippen molar-refractivity contribution in [1.29, 1.82) is 0 Å². The number of nitrogens with zero attached hydrogens (tertiary/aromatic N) is 2. The smallest absolute Gasteiger partial charge is 0.310 e. The number of rotatable bonds is 4. The molecule has 0 saturated carbocycles. The number of thiazole rings is 1. The van der Waals surface area contributed by atoms with Gasteiger partial charge in [-0.1, -0.05) is 22.9 Å². The van der Waals surface area contributed by atoms with Crippen LogP contribution in [-0.2, 0) is 9.53 Å². The second kappa shape index (κ2) is 6.34. The van der Waals surface area contributed by atoms with Gasteiger partial charge in [-0.2, -0.15) is 0 Å². The fourth-order valence-electron chi connectivity index (χ4n) is 2.11. The van der Waals surface area contributed by atoms with Crippen LogP contribution in [0.3, 0.4) is 0 Å². The van der Waals surface area contributed by atoms with Crippen LogP contribution in [0.15, 0.2) is 0 Å². The summed E-state index contributed by atoms with van der Waals surface area (Å²) in [4.78, 5) is 29.1. The summed E-state index contributed by atoms with van der Waals surface area (Å²) in [5.41, 5.74) is 0. The van der Waals surface area contributed by atoms with E-state index in [1.54, 1.807) is 6.92 Å². The monoisotopic (exact) mass is 302 g/mol. The molecule has 1 aliphatic heterocycles. The van der Waals surface area contributed by atoms with E-state index in [0.717, 1.165) is 19.4 Å². The van der Waals surface area contributed by atoms with E-state index in [-0.39, 0.29) is 17.0 Å². The summed E-state index contributed by atoms with van der Waals surface area (Å²) in [7, 11) is 0. The average molecular weight is 303 g/mol. The van der Waals surface area contributed by atoms with Crippen molar-refractivity contribution in [3.8, 4) is 0 Å². The Hall–Kier alpha value is -1.14. The van der Waals surface area contributed by atoms with Crippen LogP contribution in [0.2, 0.25) is 5.15 Å². The molecule has 104 valence electrons. The highest BCUT2D eigenvalue weighted by Gasteiger charge is 2.28. The molecule has 1 aromatic rings. The maximum Gasteiger partial charge on any atom is 0.310 e. The topological polar surface area (TPSA) is 59.5 Å². The molecule has 1 aromatic heterocycles. The summed E-state index contributed by atoms with van der Waals surface area (Å²) in [5.74, 6) is -0.290. The van der Waals surface area contributed by atoms with Gasteiger partial charge in [-0.25, -0.2) is 4.98 Å². The van der Waals surface area contributed by atoms with E-state index in [4.69, 9.17) is 16.3 Å². The van der Waals surface area contributed by atoms with E-state index in [1.807, 2.05) is 4.90 Å². The molecule has 0 radical (unpaired) electrons. The third-order valence-corrected chi connectivity index (χ3v) is 4.46. The van der Waals surface area contributed by atoms with Crippen molar-refractivity contribution in [3.63, 3.8) is 0 Å². The third kappa shape index (κ3) is 3.25. The number of hydrogen-bond donors (Lipinski definition) is 0. The Kier molecular flexibility index (Phi) is 4.76. The van der Waals surface area contributed by atoms with Gasteiger partial charge in [0, 0.05) is 13.1 Å². The number of carbonyl (C=O) groups excluding carboxylic acids is 2. The Labute approximate surface area is 120 Å². The molecule has 1 atom stereocenters. The minimum Gasteiger partial charge on any atom is -0.466 e. The maximum absolute atomic E-state index is 11.8. The van der Waals surface area contributed by atoms with Gasteiger partial charge < -0.3 is 9.64 Å². The standard InChI is InChI=1S/C12H15ClN2O3S/c1-2-18-11(17)8-4-3-5-15(6-8)12-14-10(13)9(7-16)19-12/h7-8H,2-6H2,1H3. The first-order valence-corrected chi connectivity index (χ1v) is 7.38. The van der Waals surface area contributed by atoms with Crippen molar-refractivity contribution in [2.75, 3.05) is 24.6 Å². The van der Waals surface area contributed by atoms with Crippen LogP contribution in [0.25, 0.3) is 0 Å². The zero-order valence-electron chi connectivity index (χ0n) is 10.6. The second-order valence-corrected chi connectivity index (χ2v) is 5.67. The number of esters is 1. The number of aromatic nitrogens is 1. The SMILES string of the molecule is CCOC(=O)C1CCCN(c2nc(Cl)c(C=O)s2)C1. The van der Waals surface area contributed by atoms with E-state index in [2.05, 4.69) is 4.98 Å². The minimum atomic E-state index is -0.162. The number of ether oxygens (including phenoxy) is 1. The molecule has 1 fully saturated rings. The normalized spacial score (nSPS) is 19.3. The molecule has 0 N–H and O–H groups in total. The van der Waals surface area contributed by atoms with E-state index < -0.39 is 0 Å². The molecule has 0 amide bonds. The largest absolute Gasteiger partial charge is 0.466 e. The van der Waals surface area contributed by atoms with Gasteiger partial charge in [-0.15, -0.1) is 0 Å². The van der Waals surface area contributed by atoms with Crippen LogP contribution in [-0.4, -0.2) is 36.9 Å². The molecule has 1 saturated heterocycles. The predicted molar refractivity (Wildman–Crippen MR) is 74.1 cm³/mol. The van der Waals surface area contributed by atoms with Crippen molar-refractivity contribution in [3.05, 3.63) is 10.0 Å². The summed E-state index contributed by atoms with van der Waals surface area (Å²) in [5, 5.41) is 0.925. The molecule has 1 aliphatic rings. The van der Waals surface area contributed by atoms with E-state index in [1.165, 1.54) is 11.3 Å². The summed E-state index contributed by atoms with van der Waals surface area (Å²) in [6.07, 6.45) is 2.43. The Morgan fingerprint density at radius 3 is 3.11 bits per heavy atom. The number of carbonyl (C=O) groups is 2. The number of halogens is 1. The zero-order chi connectivity index (χ0) is 13.8. The lowest BCUT2D eigenvalue weighted by molar-refractivity contribution is -0.148. The Morgan fingerprint density at radius 2 is 2.47 bits per heavy atom. The van der Waals surface area contributed by atoms with Crippen LogP contribution < -0.4 is 4.90 Å². The highest BCUT2D eigenvalue weighted by atomic mass is 35.5. The quantitative estimate of drug-likeness (QED) is 0.631. The van der Waals surface area contributed by atoms with Crippen molar-refractivity contribution in [2.24, 2.45) is 5.92 Å². The summed E-state index contributed by atoms with van der Waals surface area (Å²) in [6.45, 7) is 3.59. The predicted octanol–water partition coefficient (Wildman–Crippen LogP) is 2.39. The fraction of sp³-hybridized carbons (Fsp3) is 0.583. The van der Waals surface area contributed by atoms with Crippen LogP contribution >= 0.6 is 22.9 Å². The average Bonchev–Trinajstić information content (AvgIpc) is 2.80. The molecule has 2 rings (SSSR count). The maximum atomic E-state index is 11.8. The van der Waals surface area contributed by atoms with Crippen LogP contribution in [0.5, 0.6) is 0 Å². The molecule has 0 spiro atoms. The lowest BCUT2D eigenvalue weighted by atomic mass is 9.99. The lowest BCUT2D eigenvalue weighted by Gasteiger charge is -2.31. The summed E-state index contributed by atoms with van der Waals surface area (Å²) in [6, 6.07) is 0. The molecule has 2 heterocycles. The molecule has 0 bridgehead atoms. The second-order valence-electron chi connectivity index (χ2n) is 4.31. The fourth-order valence-corrected chi connectivity index (χ4v) is 3.21. The highest BCUT2D eigenvalue weighted by Crippen LogP contribution is 2.31. The molecule has 5 nitrogen and oxygen atoms in total. The van der Waals surface area contributed by atoms with Crippen molar-refractivity contribution in [2.45, 2.75) is 19.8 Å². The van der Waals surface area contributed by atoms with Crippen molar-refractivity contribution in [1.82, 2.24) is 4.98 Å². The Morgan fingerprint density at radius 1 is 1.68 bits per heavy atom. The van der Waals surface area contributed by atoms with Gasteiger partial charge in [0.05, 0.1) is 12.5 Å². The molecule has 19 heavy (non-hydrogen) atoms. The number of anilines is 1. The van der Waals surface area contributed by atoms with Gasteiger partial charge in [-0.3, -0.25) is 9.59 Å². The first-order valence-electron chi connectivity index (χ1n) is 6.18. The third-order valence-electron chi connectivity index (χ3n) is 3.02. The van der Waals surface area contributed by atoms with E-state index in [0.29, 0.717) is 29.4 Å². The zero-order valence-corrected chi connectivity index (χ0v) is 12.2. The van der Waals surface area contributed by atoms with Gasteiger partial charge in [-0.05, 0) is 19.8 Å². The van der Waals surface area contributed by atoms with Gasteiger partial charge in [0.1, 0.15) is 4.88 Å². The van der Waals surface area contributed by atoms with Gasteiger partial charge in [0.25, 0.3) is 0 Å². The summed E-state index contributed by atoms with van der Waals surface area (Å²) < 4.78 is 5.05. The lowest BCUT2D eigenvalue weighted by Crippen LogP contribution is -2.39. The van der Waals surface area contributed by atoms with Crippen LogP contribution in [0, 0.1) is 5.92 Å². The van der Waals surface area contributed by atoms with Gasteiger partial charge in [0.2, 0.25) is 0 Å². The Bertz CT molecular complexity index is 478. The van der Waals surface area contributed by atoms with Crippen molar-refractivity contribution < 1.29 is 14.3 Å². The van der Waals surface area contributed by atoms with Crippen LogP contribution in [0.1, 0.15) is 29.4 Å². The highest BCUT2D eigenvalue weighted by molar-refractivity contribution is 7.17. The van der Waals surface area contributed by atoms with Gasteiger partial charge >= 0.3 is 5.97 Å². The number of piperidine rings is 1. The molecule has 7 heteroatoms. The molecule has 1 unspecified atom stereocenters. The van der Waals surface area contributed by atoms with Crippen molar-refractivity contribution >= 4 is 40.3 Å². The minimum absolute atomic E-state index is 0.129. The molecular weight excluding hydrogens is 288 g/mol. The van der Waals surface area contributed by atoms with E-state index >= 15 is 0 Å². The molecule has 0 aromatic carbocycles. The molecular formula is C12H15ClN2O3S. The number of hydrogen-bond acceptors (Lipinski definition) is 6. The van der Waals surface area contributed by atoms with E-state index in [9.17, 15) is 9.59 Å².